The van der Waals surface area contributed by atoms with E-state index in [1.54, 1.807) is 5.01 Å². The molecule has 0 atom stereocenters. The average molecular weight is 353 g/mol. The second-order valence-electron chi connectivity index (χ2n) is 5.98. The monoisotopic (exact) mass is 352 g/mol. The van der Waals surface area contributed by atoms with Crippen molar-refractivity contribution in [1.29, 1.82) is 0 Å². The van der Waals surface area contributed by atoms with Crippen molar-refractivity contribution in [3.63, 3.8) is 0 Å². The SMILES string of the molecule is Cc1cccc(N(C)N)c1COc1cc(-c2ccccc2)ccc1Cl. The Hall–Kier alpha value is -2.49. The van der Waals surface area contributed by atoms with Gasteiger partial charge in [-0.05, 0) is 41.8 Å². The van der Waals surface area contributed by atoms with Crippen LogP contribution in [0.2, 0.25) is 5.02 Å². The Morgan fingerprint density at radius 1 is 0.960 bits per heavy atom. The number of rotatable bonds is 5. The average Bonchev–Trinajstić information content (AvgIpc) is 2.62. The predicted molar refractivity (Wildman–Crippen MR) is 105 cm³/mol. The van der Waals surface area contributed by atoms with Crippen LogP contribution in [0.1, 0.15) is 11.1 Å². The van der Waals surface area contributed by atoms with Gasteiger partial charge in [-0.1, -0.05) is 60.1 Å². The Morgan fingerprint density at radius 3 is 2.44 bits per heavy atom. The maximum Gasteiger partial charge on any atom is 0.139 e. The molecule has 0 fully saturated rings. The molecule has 4 heteroatoms. The molecule has 0 unspecified atom stereocenters. The lowest BCUT2D eigenvalue weighted by Gasteiger charge is -2.19. The predicted octanol–water partition coefficient (Wildman–Crippen LogP) is 5.20. The van der Waals surface area contributed by atoms with Crippen LogP contribution in [-0.2, 0) is 6.61 Å². The molecule has 0 aromatic heterocycles. The summed E-state index contributed by atoms with van der Waals surface area (Å²) in [6, 6.07) is 22.0. The van der Waals surface area contributed by atoms with E-state index in [9.17, 15) is 0 Å². The van der Waals surface area contributed by atoms with E-state index in [-0.39, 0.29) is 0 Å². The van der Waals surface area contributed by atoms with Crippen molar-refractivity contribution in [2.45, 2.75) is 13.5 Å². The highest BCUT2D eigenvalue weighted by atomic mass is 35.5. The summed E-state index contributed by atoms with van der Waals surface area (Å²) < 4.78 is 6.04. The zero-order valence-electron chi connectivity index (χ0n) is 14.4. The standard InChI is InChI=1S/C21H21ClN2O/c1-15-7-6-10-20(24(2)23)18(15)14-25-21-13-17(11-12-19(21)22)16-8-4-3-5-9-16/h3-13H,14,23H2,1-2H3. The molecule has 0 radical (unpaired) electrons. The molecule has 0 aliphatic rings. The molecule has 0 saturated carbocycles. The first-order valence-corrected chi connectivity index (χ1v) is 8.49. The Morgan fingerprint density at radius 2 is 1.72 bits per heavy atom. The Bertz CT molecular complexity index is 863. The van der Waals surface area contributed by atoms with Crippen LogP contribution < -0.4 is 15.6 Å². The van der Waals surface area contributed by atoms with Crippen LogP contribution >= 0.6 is 11.6 Å². The molecule has 3 nitrogen and oxygen atoms in total. The molecule has 3 aromatic carbocycles. The number of hydrogen-bond donors (Lipinski definition) is 1. The van der Waals surface area contributed by atoms with E-state index in [1.807, 2.05) is 68.6 Å². The van der Waals surface area contributed by atoms with Crippen LogP contribution in [0.3, 0.4) is 0 Å². The molecule has 3 rings (SSSR count). The first kappa shape index (κ1) is 17.3. The fourth-order valence-electron chi connectivity index (χ4n) is 2.78. The van der Waals surface area contributed by atoms with Crippen LogP contribution in [0.5, 0.6) is 5.75 Å². The zero-order valence-corrected chi connectivity index (χ0v) is 15.1. The smallest absolute Gasteiger partial charge is 0.139 e. The van der Waals surface area contributed by atoms with Crippen LogP contribution in [-0.4, -0.2) is 7.05 Å². The van der Waals surface area contributed by atoms with Gasteiger partial charge in [-0.25, -0.2) is 5.84 Å². The normalized spacial score (nSPS) is 10.6. The molecule has 0 aliphatic carbocycles. The van der Waals surface area contributed by atoms with Gasteiger partial charge in [0, 0.05) is 12.6 Å². The van der Waals surface area contributed by atoms with Crippen molar-refractivity contribution < 1.29 is 4.74 Å². The van der Waals surface area contributed by atoms with Gasteiger partial charge in [0.15, 0.2) is 0 Å². The van der Waals surface area contributed by atoms with E-state index in [0.29, 0.717) is 17.4 Å². The molecule has 0 amide bonds. The number of hydrazine groups is 1. The summed E-state index contributed by atoms with van der Waals surface area (Å²) in [5.41, 5.74) is 5.32. The Labute approximate surface area is 153 Å². The van der Waals surface area contributed by atoms with Crippen LogP contribution in [0, 0.1) is 6.92 Å². The lowest BCUT2D eigenvalue weighted by atomic mass is 10.1. The van der Waals surface area contributed by atoms with Crippen molar-refractivity contribution >= 4 is 17.3 Å². The topological polar surface area (TPSA) is 38.5 Å². The highest BCUT2D eigenvalue weighted by Crippen LogP contribution is 2.32. The summed E-state index contributed by atoms with van der Waals surface area (Å²) in [5.74, 6) is 6.60. The largest absolute Gasteiger partial charge is 0.487 e. The van der Waals surface area contributed by atoms with Gasteiger partial charge >= 0.3 is 0 Å². The third-order valence-electron chi connectivity index (χ3n) is 4.18. The second-order valence-corrected chi connectivity index (χ2v) is 6.39. The van der Waals surface area contributed by atoms with Gasteiger partial charge in [0.1, 0.15) is 12.4 Å². The van der Waals surface area contributed by atoms with Crippen LogP contribution in [0.4, 0.5) is 5.69 Å². The van der Waals surface area contributed by atoms with Crippen molar-refractivity contribution in [3.8, 4) is 16.9 Å². The molecule has 2 N–H and O–H groups in total. The van der Waals surface area contributed by atoms with Gasteiger partial charge in [-0.3, -0.25) is 0 Å². The van der Waals surface area contributed by atoms with Gasteiger partial charge < -0.3 is 9.75 Å². The quantitative estimate of drug-likeness (QED) is 0.506. The number of anilines is 1. The van der Waals surface area contributed by atoms with Crippen molar-refractivity contribution in [3.05, 3.63) is 82.9 Å². The van der Waals surface area contributed by atoms with E-state index in [2.05, 4.69) is 12.1 Å². The molecule has 0 spiro atoms. The summed E-state index contributed by atoms with van der Waals surface area (Å²) in [5, 5.41) is 2.20. The van der Waals surface area contributed by atoms with Crippen LogP contribution in [0.25, 0.3) is 11.1 Å². The number of benzene rings is 3. The number of nitrogens with zero attached hydrogens (tertiary/aromatic N) is 1. The van der Waals surface area contributed by atoms with Crippen LogP contribution in [0.15, 0.2) is 66.7 Å². The summed E-state index contributed by atoms with van der Waals surface area (Å²) in [4.78, 5) is 0. The number of hydrogen-bond acceptors (Lipinski definition) is 3. The fraction of sp³-hybridized carbons (Fsp3) is 0.143. The maximum absolute atomic E-state index is 6.33. The summed E-state index contributed by atoms with van der Waals surface area (Å²) in [6.45, 7) is 2.45. The molecular formula is C21H21ClN2O. The summed E-state index contributed by atoms with van der Waals surface area (Å²) >= 11 is 6.33. The van der Waals surface area contributed by atoms with Gasteiger partial charge in [0.25, 0.3) is 0 Å². The maximum atomic E-state index is 6.33. The molecule has 25 heavy (non-hydrogen) atoms. The number of aryl methyl sites for hydroxylation is 1. The Balaban J connectivity index is 1.87. The fourth-order valence-corrected chi connectivity index (χ4v) is 2.95. The lowest BCUT2D eigenvalue weighted by Crippen LogP contribution is -2.26. The van der Waals surface area contributed by atoms with Gasteiger partial charge in [-0.2, -0.15) is 0 Å². The minimum atomic E-state index is 0.404. The molecule has 128 valence electrons. The van der Waals surface area contributed by atoms with E-state index >= 15 is 0 Å². The first-order valence-electron chi connectivity index (χ1n) is 8.11. The van der Waals surface area contributed by atoms with E-state index in [4.69, 9.17) is 22.2 Å². The number of halogens is 1. The van der Waals surface area contributed by atoms with Gasteiger partial charge in [0.05, 0.1) is 10.7 Å². The van der Waals surface area contributed by atoms with Crippen molar-refractivity contribution in [1.82, 2.24) is 0 Å². The van der Waals surface area contributed by atoms with E-state index in [1.165, 1.54) is 0 Å². The van der Waals surface area contributed by atoms with E-state index < -0.39 is 0 Å². The molecule has 0 saturated heterocycles. The van der Waals surface area contributed by atoms with Gasteiger partial charge in [-0.15, -0.1) is 0 Å². The molecule has 0 heterocycles. The minimum Gasteiger partial charge on any atom is -0.487 e. The molecule has 0 bridgehead atoms. The summed E-state index contributed by atoms with van der Waals surface area (Å²) in [7, 11) is 1.82. The second kappa shape index (κ2) is 7.60. The zero-order chi connectivity index (χ0) is 17.8. The third kappa shape index (κ3) is 3.95. The Kier molecular flexibility index (Phi) is 5.27. The first-order chi connectivity index (χ1) is 12.1. The number of nitrogens with two attached hydrogens (primary N) is 1. The molecular weight excluding hydrogens is 332 g/mol. The highest BCUT2D eigenvalue weighted by molar-refractivity contribution is 6.32. The summed E-state index contributed by atoms with van der Waals surface area (Å²) in [6.07, 6.45) is 0. The van der Waals surface area contributed by atoms with Gasteiger partial charge in [0.2, 0.25) is 0 Å². The third-order valence-corrected chi connectivity index (χ3v) is 4.49. The van der Waals surface area contributed by atoms with Crippen molar-refractivity contribution in [2.24, 2.45) is 5.84 Å². The van der Waals surface area contributed by atoms with E-state index in [0.717, 1.165) is 27.9 Å². The van der Waals surface area contributed by atoms with Crippen molar-refractivity contribution in [2.75, 3.05) is 12.1 Å². The molecule has 3 aromatic rings. The lowest BCUT2D eigenvalue weighted by molar-refractivity contribution is 0.306. The minimum absolute atomic E-state index is 0.404. The molecule has 0 aliphatic heterocycles. The highest BCUT2D eigenvalue weighted by Gasteiger charge is 2.11. The number of ether oxygens (including phenoxy) is 1.